The first-order valence-corrected chi connectivity index (χ1v) is 12.2. The summed E-state index contributed by atoms with van der Waals surface area (Å²) in [7, 11) is 0. The van der Waals surface area contributed by atoms with Crippen LogP contribution in [0.25, 0.3) is 33.3 Å². The second kappa shape index (κ2) is 10.1. The van der Waals surface area contributed by atoms with Crippen molar-refractivity contribution in [1.29, 1.82) is 0 Å². The zero-order valence-corrected chi connectivity index (χ0v) is 20.6. The minimum atomic E-state index is -4.37. The van der Waals surface area contributed by atoms with Gasteiger partial charge in [0.2, 0.25) is 5.82 Å². The summed E-state index contributed by atoms with van der Waals surface area (Å²) in [6, 6.07) is 31.3. The van der Waals surface area contributed by atoms with Gasteiger partial charge in [0, 0.05) is 23.3 Å². The summed E-state index contributed by atoms with van der Waals surface area (Å²) in [5, 5.41) is 15.7. The summed E-state index contributed by atoms with van der Waals surface area (Å²) in [6.07, 6.45) is -4.37. The maximum Gasteiger partial charge on any atom is 0.416 e. The second-order valence-electron chi connectivity index (χ2n) is 9.06. The van der Waals surface area contributed by atoms with E-state index >= 15 is 0 Å². The molecule has 6 aromatic rings. The van der Waals surface area contributed by atoms with Crippen LogP contribution in [0.3, 0.4) is 0 Å². The average Bonchev–Trinajstić information content (AvgIpc) is 3.62. The molecule has 1 N–H and O–H groups in total. The Bertz CT molecular complexity index is 1710. The third-order valence-corrected chi connectivity index (χ3v) is 6.55. The highest BCUT2D eigenvalue weighted by Crippen LogP contribution is 2.35. The van der Waals surface area contributed by atoms with Crippen LogP contribution in [0.1, 0.15) is 17.0 Å². The molecular formula is C30H22F3N5O. The number of aromatic amines is 1. The van der Waals surface area contributed by atoms with Crippen molar-refractivity contribution in [3.63, 3.8) is 0 Å². The van der Waals surface area contributed by atoms with Gasteiger partial charge in [-0.25, -0.2) is 0 Å². The van der Waals surface area contributed by atoms with E-state index in [1.54, 1.807) is 0 Å². The zero-order chi connectivity index (χ0) is 26.8. The van der Waals surface area contributed by atoms with Gasteiger partial charge in [-0.2, -0.15) is 18.4 Å². The molecule has 0 radical (unpaired) electrons. The minimum absolute atomic E-state index is 0.188. The van der Waals surface area contributed by atoms with Gasteiger partial charge in [-0.3, -0.25) is 0 Å². The van der Waals surface area contributed by atoms with Crippen molar-refractivity contribution in [3.05, 3.63) is 120 Å². The summed E-state index contributed by atoms with van der Waals surface area (Å²) in [5.74, 6) is 1.16. The summed E-state index contributed by atoms with van der Waals surface area (Å²) >= 11 is 0. The quantitative estimate of drug-likeness (QED) is 0.241. The summed E-state index contributed by atoms with van der Waals surface area (Å²) in [6.45, 7) is 0.602. The van der Waals surface area contributed by atoms with Gasteiger partial charge in [0.15, 0.2) is 6.61 Å². The largest absolute Gasteiger partial charge is 0.485 e. The van der Waals surface area contributed by atoms with Crippen LogP contribution in [0.4, 0.5) is 13.2 Å². The first-order chi connectivity index (χ1) is 19.0. The van der Waals surface area contributed by atoms with E-state index in [0.29, 0.717) is 18.1 Å². The molecule has 4 aromatic carbocycles. The summed E-state index contributed by atoms with van der Waals surface area (Å²) < 4.78 is 47.4. The number of nitrogens with one attached hydrogen (secondary N) is 1. The maximum absolute atomic E-state index is 13.1. The molecule has 6 rings (SSSR count). The topological polar surface area (TPSA) is 68.6 Å². The van der Waals surface area contributed by atoms with E-state index in [1.165, 1.54) is 12.1 Å². The molecule has 9 heteroatoms. The highest BCUT2D eigenvalue weighted by molar-refractivity contribution is 5.92. The SMILES string of the molecule is FC(F)(F)c1ccc(Cn2c(-c3ccccc3)ccc2-c2ccc3c(OCc4nn[nH]n4)cccc3c2)cc1. The van der Waals surface area contributed by atoms with Gasteiger partial charge in [0.1, 0.15) is 5.75 Å². The van der Waals surface area contributed by atoms with E-state index in [2.05, 4.69) is 31.3 Å². The predicted molar refractivity (Wildman–Crippen MR) is 142 cm³/mol. The van der Waals surface area contributed by atoms with Crippen molar-refractivity contribution in [2.45, 2.75) is 19.3 Å². The number of halogens is 3. The van der Waals surface area contributed by atoms with Crippen LogP contribution in [-0.4, -0.2) is 25.2 Å². The Kier molecular flexibility index (Phi) is 6.32. The van der Waals surface area contributed by atoms with E-state index in [4.69, 9.17) is 4.74 Å². The Hall–Kier alpha value is -4.92. The molecule has 2 heterocycles. The predicted octanol–water partition coefficient (Wildman–Crippen LogP) is 7.13. The third-order valence-electron chi connectivity index (χ3n) is 6.55. The lowest BCUT2D eigenvalue weighted by atomic mass is 10.0. The van der Waals surface area contributed by atoms with Gasteiger partial charge in [-0.1, -0.05) is 65.9 Å². The van der Waals surface area contributed by atoms with Gasteiger partial charge in [-0.15, -0.1) is 10.2 Å². The molecule has 0 aliphatic heterocycles. The van der Waals surface area contributed by atoms with Crippen LogP contribution in [-0.2, 0) is 19.3 Å². The van der Waals surface area contributed by atoms with Gasteiger partial charge in [-0.05, 0) is 64.5 Å². The van der Waals surface area contributed by atoms with Crippen LogP contribution in [0.5, 0.6) is 5.75 Å². The number of hydrogen-bond donors (Lipinski definition) is 1. The van der Waals surface area contributed by atoms with Crippen molar-refractivity contribution in [1.82, 2.24) is 25.2 Å². The molecule has 0 fully saturated rings. The standard InChI is InChI=1S/C30H22F3N5O/c31-30(32,33)24-12-9-20(10-13-24)18-38-26(21-5-2-1-3-6-21)15-16-27(38)23-11-14-25-22(17-23)7-4-8-28(25)39-19-29-34-36-37-35-29/h1-17H,18-19H2,(H,34,35,36,37). The number of alkyl halides is 3. The van der Waals surface area contributed by atoms with Gasteiger partial charge < -0.3 is 9.30 Å². The van der Waals surface area contributed by atoms with Gasteiger partial charge in [0.05, 0.1) is 5.56 Å². The van der Waals surface area contributed by atoms with Crippen molar-refractivity contribution in [2.24, 2.45) is 0 Å². The number of ether oxygens (including phenoxy) is 1. The second-order valence-corrected chi connectivity index (χ2v) is 9.06. The van der Waals surface area contributed by atoms with Crippen molar-refractivity contribution in [2.75, 3.05) is 0 Å². The molecule has 0 aliphatic rings. The number of rotatable bonds is 7. The van der Waals surface area contributed by atoms with Crippen LogP contribution < -0.4 is 4.74 Å². The fraction of sp³-hybridized carbons (Fsp3) is 0.100. The number of nitrogens with zero attached hydrogens (tertiary/aromatic N) is 4. The molecule has 0 amide bonds. The molecular weight excluding hydrogens is 503 g/mol. The van der Waals surface area contributed by atoms with Crippen LogP contribution >= 0.6 is 0 Å². The van der Waals surface area contributed by atoms with Gasteiger partial charge >= 0.3 is 6.18 Å². The lowest BCUT2D eigenvalue weighted by molar-refractivity contribution is -0.137. The number of aromatic nitrogens is 5. The number of hydrogen-bond acceptors (Lipinski definition) is 4. The summed E-state index contributed by atoms with van der Waals surface area (Å²) in [4.78, 5) is 0. The monoisotopic (exact) mass is 525 g/mol. The molecule has 2 aromatic heterocycles. The molecule has 0 saturated heterocycles. The number of fused-ring (bicyclic) bond motifs is 1. The zero-order valence-electron chi connectivity index (χ0n) is 20.6. The fourth-order valence-electron chi connectivity index (χ4n) is 4.66. The molecule has 0 bridgehead atoms. The van der Waals surface area contributed by atoms with Crippen molar-refractivity contribution >= 4 is 10.8 Å². The fourth-order valence-corrected chi connectivity index (χ4v) is 4.66. The van der Waals surface area contributed by atoms with Crippen molar-refractivity contribution in [3.8, 4) is 28.3 Å². The van der Waals surface area contributed by atoms with E-state index in [9.17, 15) is 13.2 Å². The minimum Gasteiger partial charge on any atom is -0.485 e. The van der Waals surface area contributed by atoms with E-state index < -0.39 is 11.7 Å². The van der Waals surface area contributed by atoms with E-state index in [1.807, 2.05) is 72.8 Å². The van der Waals surface area contributed by atoms with E-state index in [0.717, 1.165) is 51.0 Å². The molecule has 0 spiro atoms. The molecule has 6 nitrogen and oxygen atoms in total. The maximum atomic E-state index is 13.1. The lowest BCUT2D eigenvalue weighted by Crippen LogP contribution is -2.07. The average molecular weight is 526 g/mol. The Morgan fingerprint density at radius 1 is 0.769 bits per heavy atom. The summed E-state index contributed by atoms with van der Waals surface area (Å²) in [5.41, 5.74) is 4.04. The number of tetrazole rings is 1. The highest BCUT2D eigenvalue weighted by atomic mass is 19.4. The van der Waals surface area contributed by atoms with Crippen LogP contribution in [0.15, 0.2) is 103 Å². The van der Waals surface area contributed by atoms with Crippen LogP contribution in [0, 0.1) is 0 Å². The number of benzene rings is 4. The smallest absolute Gasteiger partial charge is 0.416 e. The number of H-pyrrole nitrogens is 1. The van der Waals surface area contributed by atoms with Gasteiger partial charge in [0.25, 0.3) is 0 Å². The molecule has 194 valence electrons. The molecule has 0 unspecified atom stereocenters. The normalized spacial score (nSPS) is 11.7. The third kappa shape index (κ3) is 5.11. The first kappa shape index (κ1) is 24.4. The molecule has 0 atom stereocenters. The Balaban J connectivity index is 1.38. The van der Waals surface area contributed by atoms with Crippen molar-refractivity contribution < 1.29 is 17.9 Å². The lowest BCUT2D eigenvalue weighted by Gasteiger charge is -2.16. The highest BCUT2D eigenvalue weighted by Gasteiger charge is 2.30. The Labute approximate surface area is 221 Å². The van der Waals surface area contributed by atoms with E-state index in [-0.39, 0.29) is 6.61 Å². The molecule has 39 heavy (non-hydrogen) atoms. The van der Waals surface area contributed by atoms with Crippen LogP contribution in [0.2, 0.25) is 0 Å². The Morgan fingerprint density at radius 3 is 2.26 bits per heavy atom. The molecule has 0 aliphatic carbocycles. The Morgan fingerprint density at radius 2 is 1.54 bits per heavy atom. The first-order valence-electron chi connectivity index (χ1n) is 12.2. The molecule has 0 saturated carbocycles.